The average molecular weight is 421 g/mol. The summed E-state index contributed by atoms with van der Waals surface area (Å²) in [6.45, 7) is 4.65. The van der Waals surface area contributed by atoms with Crippen LogP contribution in [0.1, 0.15) is 40.5 Å². The maximum absolute atomic E-state index is 12.6. The maximum atomic E-state index is 12.6. The Morgan fingerprint density at radius 2 is 1.87 bits per heavy atom. The van der Waals surface area contributed by atoms with Crippen molar-refractivity contribution in [3.8, 4) is 0 Å². The molecule has 0 bridgehead atoms. The van der Waals surface area contributed by atoms with Gasteiger partial charge in [-0.2, -0.15) is 0 Å². The van der Waals surface area contributed by atoms with Crippen molar-refractivity contribution < 1.29 is 9.59 Å². The summed E-state index contributed by atoms with van der Waals surface area (Å²) in [4.78, 5) is 26.7. The van der Waals surface area contributed by atoms with Crippen molar-refractivity contribution in [2.24, 2.45) is 0 Å². The number of anilines is 2. The Hall–Kier alpha value is -3.06. The second-order valence-electron chi connectivity index (χ2n) is 7.73. The number of nitrogens with one attached hydrogen (secondary N) is 1. The van der Waals surface area contributed by atoms with E-state index in [1.54, 1.807) is 0 Å². The minimum Gasteiger partial charge on any atom is -0.312 e. The van der Waals surface area contributed by atoms with E-state index in [-0.39, 0.29) is 17.7 Å². The molecule has 1 atom stereocenters. The van der Waals surface area contributed by atoms with E-state index in [1.165, 1.54) is 11.3 Å². The van der Waals surface area contributed by atoms with Crippen LogP contribution in [0.15, 0.2) is 48.5 Å². The van der Waals surface area contributed by atoms with Gasteiger partial charge in [0.05, 0.1) is 0 Å². The van der Waals surface area contributed by atoms with Crippen LogP contribution in [0.25, 0.3) is 0 Å². The van der Waals surface area contributed by atoms with E-state index in [9.17, 15) is 9.59 Å². The molecule has 2 amide bonds. The molecule has 1 fully saturated rings. The monoisotopic (exact) mass is 420 g/mol. The highest BCUT2D eigenvalue weighted by Crippen LogP contribution is 2.34. The van der Waals surface area contributed by atoms with Gasteiger partial charge in [-0.05, 0) is 49.1 Å². The molecule has 0 spiro atoms. The zero-order valence-corrected chi connectivity index (χ0v) is 17.9. The van der Waals surface area contributed by atoms with Crippen LogP contribution in [0.3, 0.4) is 0 Å². The molecule has 30 heavy (non-hydrogen) atoms. The number of rotatable bonds is 6. The first kappa shape index (κ1) is 20.2. The van der Waals surface area contributed by atoms with Crippen molar-refractivity contribution in [1.82, 2.24) is 10.2 Å². The lowest BCUT2D eigenvalue weighted by molar-refractivity contribution is -0.117. The molecule has 0 saturated carbocycles. The molecule has 3 aromatic rings. The van der Waals surface area contributed by atoms with Crippen LogP contribution < -0.4 is 10.2 Å². The summed E-state index contributed by atoms with van der Waals surface area (Å²) in [6, 6.07) is 16.1. The Kier molecular flexibility index (Phi) is 5.90. The molecule has 2 heterocycles. The fraction of sp³-hybridized carbons (Fsp3) is 0.304. The van der Waals surface area contributed by atoms with E-state index < -0.39 is 0 Å². The highest BCUT2D eigenvalue weighted by molar-refractivity contribution is 7.15. The van der Waals surface area contributed by atoms with Crippen LogP contribution in [0.4, 0.5) is 10.8 Å². The Labute approximate surface area is 180 Å². The van der Waals surface area contributed by atoms with Crippen LogP contribution in [-0.2, 0) is 16.0 Å². The Morgan fingerprint density at radius 1 is 1.13 bits per heavy atom. The van der Waals surface area contributed by atoms with Crippen molar-refractivity contribution in [1.29, 1.82) is 0 Å². The SMILES string of the molecule is Cc1cc(C)cc(N2C[C@@H](c3nnc(NC(=O)CCc4ccccc4)s3)CC2=O)c1. The third-order valence-electron chi connectivity index (χ3n) is 5.16. The Balaban J connectivity index is 1.37. The summed E-state index contributed by atoms with van der Waals surface area (Å²) in [5.74, 6) is 0.000324. The summed E-state index contributed by atoms with van der Waals surface area (Å²) in [5, 5.41) is 12.5. The van der Waals surface area contributed by atoms with E-state index >= 15 is 0 Å². The summed E-state index contributed by atoms with van der Waals surface area (Å²) in [7, 11) is 0. The van der Waals surface area contributed by atoms with Crippen LogP contribution in [0, 0.1) is 13.8 Å². The Morgan fingerprint density at radius 3 is 2.60 bits per heavy atom. The largest absolute Gasteiger partial charge is 0.312 e. The molecule has 4 rings (SSSR count). The van der Waals surface area contributed by atoms with Crippen molar-refractivity contribution >= 4 is 34.0 Å². The molecule has 1 aromatic heterocycles. The fourth-order valence-electron chi connectivity index (χ4n) is 3.76. The van der Waals surface area contributed by atoms with E-state index in [0.29, 0.717) is 30.9 Å². The topological polar surface area (TPSA) is 75.2 Å². The standard InChI is InChI=1S/C23H24N4O2S/c1-15-10-16(2)12-19(11-15)27-14-18(13-21(27)29)22-25-26-23(30-22)24-20(28)9-8-17-6-4-3-5-7-17/h3-7,10-12,18H,8-9,13-14H2,1-2H3,(H,24,26,28)/t18-/m0/s1. The smallest absolute Gasteiger partial charge is 0.227 e. The van der Waals surface area contributed by atoms with Crippen LogP contribution >= 0.6 is 11.3 Å². The van der Waals surface area contributed by atoms with Gasteiger partial charge in [-0.15, -0.1) is 10.2 Å². The number of carbonyl (C=O) groups is 2. The molecule has 1 aliphatic heterocycles. The maximum Gasteiger partial charge on any atom is 0.227 e. The number of nitrogens with zero attached hydrogens (tertiary/aromatic N) is 3. The molecule has 1 aliphatic rings. The molecule has 0 aliphatic carbocycles. The predicted octanol–water partition coefficient (Wildman–Crippen LogP) is 4.25. The summed E-state index contributed by atoms with van der Waals surface area (Å²) < 4.78 is 0. The van der Waals surface area contributed by atoms with Gasteiger partial charge >= 0.3 is 0 Å². The van der Waals surface area contributed by atoms with E-state index in [1.807, 2.05) is 61.2 Å². The minimum atomic E-state index is -0.0825. The first-order chi connectivity index (χ1) is 14.5. The quantitative estimate of drug-likeness (QED) is 0.647. The molecular formula is C23H24N4O2S. The molecule has 7 heteroatoms. The molecule has 1 N–H and O–H groups in total. The predicted molar refractivity (Wildman–Crippen MR) is 119 cm³/mol. The van der Waals surface area contributed by atoms with Gasteiger partial charge in [0.2, 0.25) is 16.9 Å². The Bertz CT molecular complexity index is 1040. The normalized spacial score (nSPS) is 16.1. The van der Waals surface area contributed by atoms with Gasteiger partial charge in [0.25, 0.3) is 0 Å². The van der Waals surface area contributed by atoms with Gasteiger partial charge < -0.3 is 10.2 Å². The molecular weight excluding hydrogens is 396 g/mol. The minimum absolute atomic E-state index is 0.00853. The molecule has 0 radical (unpaired) electrons. The zero-order valence-electron chi connectivity index (χ0n) is 17.1. The van der Waals surface area contributed by atoms with Gasteiger partial charge in [-0.25, -0.2) is 0 Å². The van der Waals surface area contributed by atoms with Gasteiger partial charge in [0.15, 0.2) is 0 Å². The number of hydrogen-bond donors (Lipinski definition) is 1. The molecule has 0 unspecified atom stereocenters. The third-order valence-corrected chi connectivity index (χ3v) is 6.16. The zero-order chi connectivity index (χ0) is 21.1. The van der Waals surface area contributed by atoms with Crippen LogP contribution in [0.2, 0.25) is 0 Å². The second-order valence-corrected chi connectivity index (χ2v) is 8.74. The lowest BCUT2D eigenvalue weighted by Gasteiger charge is -2.17. The van der Waals surface area contributed by atoms with Crippen LogP contribution in [0.5, 0.6) is 0 Å². The lowest BCUT2D eigenvalue weighted by Crippen LogP contribution is -2.24. The molecule has 1 saturated heterocycles. The van der Waals surface area contributed by atoms with Crippen molar-refractivity contribution in [2.75, 3.05) is 16.8 Å². The van der Waals surface area contributed by atoms with Crippen LogP contribution in [-0.4, -0.2) is 28.6 Å². The summed E-state index contributed by atoms with van der Waals surface area (Å²) >= 11 is 1.35. The van der Waals surface area contributed by atoms with Gasteiger partial charge in [-0.1, -0.05) is 47.7 Å². The first-order valence-electron chi connectivity index (χ1n) is 10.0. The summed E-state index contributed by atoms with van der Waals surface area (Å²) in [5.41, 5.74) is 4.33. The highest BCUT2D eigenvalue weighted by atomic mass is 32.1. The van der Waals surface area contributed by atoms with Crippen molar-refractivity contribution in [2.45, 2.75) is 39.0 Å². The first-order valence-corrected chi connectivity index (χ1v) is 10.9. The summed E-state index contributed by atoms with van der Waals surface area (Å²) in [6.07, 6.45) is 1.48. The van der Waals surface area contributed by atoms with E-state index in [2.05, 4.69) is 21.6 Å². The number of aryl methyl sites for hydroxylation is 3. The van der Waals surface area contributed by atoms with Gasteiger partial charge in [0, 0.05) is 31.0 Å². The number of amides is 2. The third kappa shape index (κ3) is 4.74. The van der Waals surface area contributed by atoms with E-state index in [4.69, 9.17) is 0 Å². The van der Waals surface area contributed by atoms with Gasteiger partial charge in [-0.3, -0.25) is 9.59 Å². The lowest BCUT2D eigenvalue weighted by atomic mass is 10.1. The molecule has 2 aromatic carbocycles. The number of carbonyl (C=O) groups excluding carboxylic acids is 2. The molecule has 6 nitrogen and oxygen atoms in total. The molecule has 154 valence electrons. The van der Waals surface area contributed by atoms with E-state index in [0.717, 1.165) is 27.4 Å². The average Bonchev–Trinajstić information content (AvgIpc) is 3.33. The second kappa shape index (κ2) is 8.75. The highest BCUT2D eigenvalue weighted by Gasteiger charge is 2.34. The fourth-order valence-corrected chi connectivity index (χ4v) is 4.61. The number of hydrogen-bond acceptors (Lipinski definition) is 5. The number of benzene rings is 2. The van der Waals surface area contributed by atoms with Crippen molar-refractivity contribution in [3.63, 3.8) is 0 Å². The van der Waals surface area contributed by atoms with Gasteiger partial charge in [0.1, 0.15) is 5.01 Å². The number of aromatic nitrogens is 2. The van der Waals surface area contributed by atoms with Crippen molar-refractivity contribution in [3.05, 3.63) is 70.2 Å².